The van der Waals surface area contributed by atoms with Crippen molar-refractivity contribution in [2.75, 3.05) is 13.1 Å². The molecule has 1 saturated heterocycles. The first-order valence-corrected chi connectivity index (χ1v) is 7.34. The first kappa shape index (κ1) is 12.1. The van der Waals surface area contributed by atoms with E-state index in [1.165, 1.54) is 38.8 Å². The Morgan fingerprint density at radius 1 is 1.11 bits per heavy atom. The van der Waals surface area contributed by atoms with Crippen molar-refractivity contribution in [3.05, 3.63) is 28.6 Å². The minimum absolute atomic E-state index is 0.874. The summed E-state index contributed by atoms with van der Waals surface area (Å²) in [4.78, 5) is 7.04. The fraction of sp³-hybridized carbons (Fsp3) is 0.538. The number of fused-ring (bicyclic) bond motifs is 1. The van der Waals surface area contributed by atoms with Crippen LogP contribution in [0.15, 0.2) is 22.8 Å². The van der Waals surface area contributed by atoms with Gasteiger partial charge in [-0.15, -0.1) is 5.10 Å². The van der Waals surface area contributed by atoms with Gasteiger partial charge in [-0.25, -0.2) is 9.50 Å². The van der Waals surface area contributed by atoms with E-state index in [1.54, 1.807) is 0 Å². The molecule has 0 spiro atoms. The summed E-state index contributed by atoms with van der Waals surface area (Å²) in [7, 11) is 0. The number of pyridine rings is 1. The van der Waals surface area contributed by atoms with Gasteiger partial charge in [0.1, 0.15) is 0 Å². The lowest BCUT2D eigenvalue weighted by molar-refractivity contribution is 0.270. The Hall–Kier alpha value is -0.940. The predicted molar refractivity (Wildman–Crippen MR) is 74.4 cm³/mol. The highest BCUT2D eigenvalue weighted by molar-refractivity contribution is 9.10. The van der Waals surface area contributed by atoms with Gasteiger partial charge in [0.05, 0.1) is 6.54 Å². The number of rotatable bonds is 2. The zero-order chi connectivity index (χ0) is 12.4. The lowest BCUT2D eigenvalue weighted by Gasteiger charge is -2.17. The van der Waals surface area contributed by atoms with Crippen molar-refractivity contribution in [1.82, 2.24) is 19.5 Å². The van der Waals surface area contributed by atoms with Gasteiger partial charge < -0.3 is 0 Å². The van der Waals surface area contributed by atoms with Crippen LogP contribution in [-0.4, -0.2) is 32.6 Å². The number of likely N-dealkylation sites (tertiary alicyclic amines) is 1. The summed E-state index contributed by atoms with van der Waals surface area (Å²) in [5, 5.41) is 4.53. The van der Waals surface area contributed by atoms with Crippen molar-refractivity contribution in [2.24, 2.45) is 0 Å². The second-order valence-electron chi connectivity index (χ2n) is 4.87. The third-order valence-corrected chi connectivity index (χ3v) is 3.87. The van der Waals surface area contributed by atoms with Crippen LogP contribution >= 0.6 is 15.9 Å². The highest BCUT2D eigenvalue weighted by Gasteiger charge is 2.12. The molecular formula is C13H17BrN4. The summed E-state index contributed by atoms with van der Waals surface area (Å²) >= 11 is 3.45. The molecule has 0 N–H and O–H groups in total. The number of hydrogen-bond acceptors (Lipinski definition) is 3. The standard InChI is InChI=1S/C13H17BrN4/c14-11-5-6-13-15-12(16-18(13)9-11)10-17-7-3-1-2-4-8-17/h5-6,9H,1-4,7-8,10H2. The summed E-state index contributed by atoms with van der Waals surface area (Å²) in [5.74, 6) is 0.926. The lowest BCUT2D eigenvalue weighted by Crippen LogP contribution is -2.24. The van der Waals surface area contributed by atoms with Crippen LogP contribution in [0.5, 0.6) is 0 Å². The van der Waals surface area contributed by atoms with Crippen molar-refractivity contribution >= 4 is 21.6 Å². The average molecular weight is 309 g/mol. The van der Waals surface area contributed by atoms with Crippen LogP contribution in [0.1, 0.15) is 31.5 Å². The first-order valence-electron chi connectivity index (χ1n) is 6.54. The van der Waals surface area contributed by atoms with Crippen LogP contribution < -0.4 is 0 Å². The molecular weight excluding hydrogens is 292 g/mol. The van der Waals surface area contributed by atoms with Crippen LogP contribution in [0.3, 0.4) is 0 Å². The lowest BCUT2D eigenvalue weighted by atomic mass is 10.2. The van der Waals surface area contributed by atoms with E-state index < -0.39 is 0 Å². The van der Waals surface area contributed by atoms with E-state index in [2.05, 4.69) is 30.9 Å². The van der Waals surface area contributed by atoms with Crippen molar-refractivity contribution in [3.63, 3.8) is 0 Å². The van der Waals surface area contributed by atoms with Gasteiger partial charge in [-0.2, -0.15) is 0 Å². The fourth-order valence-corrected chi connectivity index (χ4v) is 2.79. The molecule has 0 bridgehead atoms. The molecule has 1 fully saturated rings. The van der Waals surface area contributed by atoms with E-state index in [0.717, 1.165) is 22.5 Å². The van der Waals surface area contributed by atoms with Gasteiger partial charge in [-0.1, -0.05) is 12.8 Å². The molecule has 0 aliphatic carbocycles. The summed E-state index contributed by atoms with van der Waals surface area (Å²) in [6, 6.07) is 3.99. The zero-order valence-electron chi connectivity index (χ0n) is 10.3. The molecule has 1 aliphatic heterocycles. The first-order chi connectivity index (χ1) is 8.81. The van der Waals surface area contributed by atoms with Crippen LogP contribution in [0, 0.1) is 0 Å². The Morgan fingerprint density at radius 3 is 2.67 bits per heavy atom. The molecule has 1 aliphatic rings. The molecule has 96 valence electrons. The van der Waals surface area contributed by atoms with Gasteiger partial charge in [-0.3, -0.25) is 4.90 Å². The molecule has 2 aromatic rings. The van der Waals surface area contributed by atoms with E-state index in [1.807, 2.05) is 22.8 Å². The quantitative estimate of drug-likeness (QED) is 0.855. The van der Waals surface area contributed by atoms with Crippen LogP contribution in [0.4, 0.5) is 0 Å². The normalized spacial score (nSPS) is 18.1. The minimum Gasteiger partial charge on any atom is -0.296 e. The molecule has 0 atom stereocenters. The minimum atomic E-state index is 0.874. The predicted octanol–water partition coefficient (Wildman–Crippen LogP) is 2.87. The van der Waals surface area contributed by atoms with Crippen LogP contribution in [0.2, 0.25) is 0 Å². The summed E-state index contributed by atoms with van der Waals surface area (Å²) in [6.45, 7) is 3.23. The van der Waals surface area contributed by atoms with Crippen molar-refractivity contribution in [3.8, 4) is 0 Å². The summed E-state index contributed by atoms with van der Waals surface area (Å²) in [6.07, 6.45) is 7.29. The fourth-order valence-electron chi connectivity index (χ4n) is 2.47. The number of aromatic nitrogens is 3. The SMILES string of the molecule is Brc1ccc2nc(CN3CCCCCC3)nn2c1. The molecule has 18 heavy (non-hydrogen) atoms. The van der Waals surface area contributed by atoms with Gasteiger partial charge in [-0.05, 0) is 54.0 Å². The topological polar surface area (TPSA) is 33.4 Å². The Labute approximate surface area is 115 Å². The van der Waals surface area contributed by atoms with Crippen molar-refractivity contribution in [1.29, 1.82) is 0 Å². The third kappa shape index (κ3) is 2.72. The number of nitrogens with zero attached hydrogens (tertiary/aromatic N) is 4. The molecule has 0 radical (unpaired) electrons. The molecule has 3 rings (SSSR count). The molecule has 3 heterocycles. The highest BCUT2D eigenvalue weighted by atomic mass is 79.9. The van der Waals surface area contributed by atoms with E-state index in [4.69, 9.17) is 0 Å². The van der Waals surface area contributed by atoms with Gasteiger partial charge in [0, 0.05) is 10.7 Å². The maximum atomic E-state index is 4.57. The molecule has 5 heteroatoms. The monoisotopic (exact) mass is 308 g/mol. The van der Waals surface area contributed by atoms with E-state index in [9.17, 15) is 0 Å². The van der Waals surface area contributed by atoms with E-state index in [0.29, 0.717) is 0 Å². The van der Waals surface area contributed by atoms with Gasteiger partial charge in [0.25, 0.3) is 0 Å². The molecule has 0 aromatic carbocycles. The zero-order valence-corrected chi connectivity index (χ0v) is 11.9. The Kier molecular flexibility index (Phi) is 3.61. The Bertz CT molecular complexity index is 529. The molecule has 0 saturated carbocycles. The molecule has 2 aromatic heterocycles. The number of halogens is 1. The Morgan fingerprint density at radius 2 is 1.89 bits per heavy atom. The van der Waals surface area contributed by atoms with E-state index in [-0.39, 0.29) is 0 Å². The van der Waals surface area contributed by atoms with Crippen molar-refractivity contribution < 1.29 is 0 Å². The van der Waals surface area contributed by atoms with Gasteiger partial charge in [0.2, 0.25) is 0 Å². The number of hydrogen-bond donors (Lipinski definition) is 0. The maximum Gasteiger partial charge on any atom is 0.165 e. The van der Waals surface area contributed by atoms with E-state index >= 15 is 0 Å². The van der Waals surface area contributed by atoms with Crippen LogP contribution in [-0.2, 0) is 6.54 Å². The smallest absolute Gasteiger partial charge is 0.165 e. The van der Waals surface area contributed by atoms with Gasteiger partial charge >= 0.3 is 0 Å². The van der Waals surface area contributed by atoms with Crippen LogP contribution in [0.25, 0.3) is 5.65 Å². The molecule has 0 unspecified atom stereocenters. The highest BCUT2D eigenvalue weighted by Crippen LogP contribution is 2.14. The third-order valence-electron chi connectivity index (χ3n) is 3.40. The average Bonchev–Trinajstić information content (AvgIpc) is 2.57. The Balaban J connectivity index is 1.77. The second kappa shape index (κ2) is 5.36. The van der Waals surface area contributed by atoms with Crippen molar-refractivity contribution in [2.45, 2.75) is 32.2 Å². The molecule has 4 nitrogen and oxygen atoms in total. The largest absolute Gasteiger partial charge is 0.296 e. The second-order valence-corrected chi connectivity index (χ2v) is 5.78. The summed E-state index contributed by atoms with van der Waals surface area (Å²) < 4.78 is 2.87. The molecule has 0 amide bonds. The van der Waals surface area contributed by atoms with Gasteiger partial charge in [0.15, 0.2) is 11.5 Å². The maximum absolute atomic E-state index is 4.57. The summed E-state index contributed by atoms with van der Waals surface area (Å²) in [5.41, 5.74) is 0.919.